The normalized spacial score (nSPS) is 17.7. The summed E-state index contributed by atoms with van der Waals surface area (Å²) in [5, 5.41) is 11.2. The minimum absolute atomic E-state index is 0.0128. The molecule has 0 radical (unpaired) electrons. The highest BCUT2D eigenvalue weighted by Crippen LogP contribution is 2.23. The lowest BCUT2D eigenvalue weighted by Crippen LogP contribution is -2.38. The van der Waals surface area contributed by atoms with Gasteiger partial charge in [-0.2, -0.15) is 4.31 Å². The van der Waals surface area contributed by atoms with Crippen LogP contribution >= 0.6 is 0 Å². The van der Waals surface area contributed by atoms with Crippen molar-refractivity contribution in [1.82, 2.24) is 24.6 Å². The molecular weight excluding hydrogens is 354 g/mol. The first-order valence-corrected chi connectivity index (χ1v) is 10.2. The summed E-state index contributed by atoms with van der Waals surface area (Å²) < 4.78 is 28.9. The highest BCUT2D eigenvalue weighted by Gasteiger charge is 2.31. The molecule has 4 rings (SSSR count). The van der Waals surface area contributed by atoms with E-state index in [2.05, 4.69) is 15.6 Å². The molecule has 26 heavy (non-hydrogen) atoms. The van der Waals surface area contributed by atoms with Crippen LogP contribution in [-0.2, 0) is 34.3 Å². The standard InChI is InChI=1S/C17H21N5O3S/c23-17(18-13-6-7-13)9-8-15-16-12-21(10-11-22(16)20-19-15)26(24,25)14-4-2-1-3-5-14/h1-5,13H,6-12H2,(H,18,23). The van der Waals surface area contributed by atoms with Gasteiger partial charge in [-0.3, -0.25) is 4.79 Å². The summed E-state index contributed by atoms with van der Waals surface area (Å²) >= 11 is 0. The van der Waals surface area contributed by atoms with Gasteiger partial charge in [0.2, 0.25) is 15.9 Å². The summed E-state index contributed by atoms with van der Waals surface area (Å²) in [5.74, 6) is 0.0128. The second kappa shape index (κ2) is 6.81. The van der Waals surface area contributed by atoms with Gasteiger partial charge >= 0.3 is 0 Å². The van der Waals surface area contributed by atoms with Gasteiger partial charge in [-0.25, -0.2) is 13.1 Å². The van der Waals surface area contributed by atoms with Crippen molar-refractivity contribution in [2.75, 3.05) is 6.54 Å². The maximum atomic E-state index is 12.8. The molecule has 1 amide bonds. The van der Waals surface area contributed by atoms with Gasteiger partial charge in [0.05, 0.1) is 29.4 Å². The SMILES string of the molecule is O=C(CCc1nnn2c1CN(S(=O)(=O)c1ccccc1)CC2)NC1CC1. The van der Waals surface area contributed by atoms with Crippen molar-refractivity contribution in [2.45, 2.75) is 49.7 Å². The fourth-order valence-electron chi connectivity index (χ4n) is 3.07. The van der Waals surface area contributed by atoms with Crippen molar-refractivity contribution in [3.8, 4) is 0 Å². The molecule has 8 nitrogen and oxygen atoms in total. The molecular formula is C17H21N5O3S. The fraction of sp³-hybridized carbons (Fsp3) is 0.471. The van der Waals surface area contributed by atoms with E-state index < -0.39 is 10.0 Å². The summed E-state index contributed by atoms with van der Waals surface area (Å²) in [7, 11) is -3.55. The maximum absolute atomic E-state index is 12.8. The van der Waals surface area contributed by atoms with E-state index in [1.807, 2.05) is 0 Å². The number of carbonyl (C=O) groups excluding carboxylic acids is 1. The van der Waals surface area contributed by atoms with Gasteiger partial charge in [-0.1, -0.05) is 23.4 Å². The first-order valence-electron chi connectivity index (χ1n) is 8.80. The van der Waals surface area contributed by atoms with Gasteiger partial charge in [-0.05, 0) is 25.0 Å². The number of hydrogen-bond donors (Lipinski definition) is 1. The van der Waals surface area contributed by atoms with Crippen LogP contribution in [0.3, 0.4) is 0 Å². The topological polar surface area (TPSA) is 97.2 Å². The Bertz CT molecular complexity index is 906. The van der Waals surface area contributed by atoms with E-state index in [9.17, 15) is 13.2 Å². The van der Waals surface area contributed by atoms with Crippen LogP contribution in [0.25, 0.3) is 0 Å². The van der Waals surface area contributed by atoms with Crippen LogP contribution in [0.4, 0.5) is 0 Å². The summed E-state index contributed by atoms with van der Waals surface area (Å²) in [6, 6.07) is 8.76. The van der Waals surface area contributed by atoms with Crippen LogP contribution in [-0.4, -0.2) is 46.2 Å². The summed E-state index contributed by atoms with van der Waals surface area (Å²) in [6.07, 6.45) is 2.92. The zero-order valence-corrected chi connectivity index (χ0v) is 15.2. The number of nitrogens with zero attached hydrogens (tertiary/aromatic N) is 4. The Morgan fingerprint density at radius 2 is 1.96 bits per heavy atom. The number of nitrogens with one attached hydrogen (secondary N) is 1. The molecule has 0 bridgehead atoms. The predicted molar refractivity (Wildman–Crippen MR) is 93.5 cm³/mol. The van der Waals surface area contributed by atoms with Gasteiger partial charge in [-0.15, -0.1) is 5.10 Å². The van der Waals surface area contributed by atoms with Crippen LogP contribution in [0, 0.1) is 0 Å². The van der Waals surface area contributed by atoms with E-state index in [4.69, 9.17) is 0 Å². The van der Waals surface area contributed by atoms with Crippen molar-refractivity contribution in [1.29, 1.82) is 0 Å². The monoisotopic (exact) mass is 375 g/mol. The molecule has 0 unspecified atom stereocenters. The second-order valence-corrected chi connectivity index (χ2v) is 8.64. The molecule has 2 heterocycles. The molecule has 1 aliphatic heterocycles. The van der Waals surface area contributed by atoms with E-state index in [1.165, 1.54) is 4.31 Å². The predicted octanol–water partition coefficient (Wildman–Crippen LogP) is 0.694. The molecule has 1 saturated carbocycles. The number of amides is 1. The zero-order valence-electron chi connectivity index (χ0n) is 14.3. The average Bonchev–Trinajstić information content (AvgIpc) is 3.37. The maximum Gasteiger partial charge on any atom is 0.243 e. The Balaban J connectivity index is 1.47. The lowest BCUT2D eigenvalue weighted by atomic mass is 10.1. The van der Waals surface area contributed by atoms with Gasteiger partial charge in [0, 0.05) is 25.4 Å². The van der Waals surface area contributed by atoms with Crippen LogP contribution in [0.5, 0.6) is 0 Å². The van der Waals surface area contributed by atoms with E-state index in [0.29, 0.717) is 37.7 Å². The van der Waals surface area contributed by atoms with Gasteiger partial charge in [0.25, 0.3) is 0 Å². The first kappa shape index (κ1) is 17.2. The van der Waals surface area contributed by atoms with E-state index in [1.54, 1.807) is 35.0 Å². The van der Waals surface area contributed by atoms with Gasteiger partial charge in [0.15, 0.2) is 0 Å². The van der Waals surface area contributed by atoms with Crippen molar-refractivity contribution in [2.24, 2.45) is 0 Å². The molecule has 1 aromatic carbocycles. The Kier molecular flexibility index (Phi) is 4.49. The highest BCUT2D eigenvalue weighted by molar-refractivity contribution is 7.89. The Labute approximate surface area is 152 Å². The Hall–Kier alpha value is -2.26. The molecule has 0 atom stereocenters. The van der Waals surface area contributed by atoms with E-state index >= 15 is 0 Å². The fourth-order valence-corrected chi connectivity index (χ4v) is 4.49. The molecule has 2 aromatic rings. The molecule has 9 heteroatoms. The third kappa shape index (κ3) is 3.49. The minimum atomic E-state index is -3.55. The van der Waals surface area contributed by atoms with Crippen molar-refractivity contribution < 1.29 is 13.2 Å². The van der Waals surface area contributed by atoms with Crippen LogP contribution in [0.1, 0.15) is 30.7 Å². The third-order valence-electron chi connectivity index (χ3n) is 4.72. The number of benzene rings is 1. The van der Waals surface area contributed by atoms with E-state index in [-0.39, 0.29) is 17.3 Å². The highest BCUT2D eigenvalue weighted by atomic mass is 32.2. The largest absolute Gasteiger partial charge is 0.353 e. The molecule has 1 N–H and O–H groups in total. The van der Waals surface area contributed by atoms with Gasteiger partial charge < -0.3 is 5.32 Å². The number of carbonyl (C=O) groups is 1. The molecule has 0 spiro atoms. The summed E-state index contributed by atoms with van der Waals surface area (Å²) in [4.78, 5) is 12.2. The molecule has 138 valence electrons. The lowest BCUT2D eigenvalue weighted by Gasteiger charge is -2.27. The van der Waals surface area contributed by atoms with E-state index in [0.717, 1.165) is 18.5 Å². The van der Waals surface area contributed by atoms with Crippen LogP contribution in [0.15, 0.2) is 35.2 Å². The van der Waals surface area contributed by atoms with Gasteiger partial charge in [0.1, 0.15) is 0 Å². The number of aromatic nitrogens is 3. The number of fused-ring (bicyclic) bond motifs is 1. The molecule has 1 aliphatic carbocycles. The average molecular weight is 375 g/mol. The van der Waals surface area contributed by atoms with Crippen molar-refractivity contribution >= 4 is 15.9 Å². The number of sulfonamides is 1. The third-order valence-corrected chi connectivity index (χ3v) is 6.58. The number of hydrogen-bond acceptors (Lipinski definition) is 5. The van der Waals surface area contributed by atoms with Crippen molar-refractivity contribution in [3.63, 3.8) is 0 Å². The minimum Gasteiger partial charge on any atom is -0.353 e. The zero-order chi connectivity index (χ0) is 18.1. The number of rotatable bonds is 6. The molecule has 1 aromatic heterocycles. The van der Waals surface area contributed by atoms with Crippen molar-refractivity contribution in [3.05, 3.63) is 41.7 Å². The molecule has 0 saturated heterocycles. The smallest absolute Gasteiger partial charge is 0.243 e. The number of aryl methyl sites for hydroxylation is 1. The second-order valence-electron chi connectivity index (χ2n) is 6.70. The summed E-state index contributed by atoms with van der Waals surface area (Å²) in [6.45, 7) is 1.04. The first-order chi connectivity index (χ1) is 12.5. The molecule has 2 aliphatic rings. The Morgan fingerprint density at radius 1 is 1.19 bits per heavy atom. The molecule has 1 fully saturated rings. The van der Waals surface area contributed by atoms with Crippen LogP contribution < -0.4 is 5.32 Å². The van der Waals surface area contributed by atoms with Crippen LogP contribution in [0.2, 0.25) is 0 Å². The quantitative estimate of drug-likeness (QED) is 0.801. The summed E-state index contributed by atoms with van der Waals surface area (Å²) in [5.41, 5.74) is 1.47. The lowest BCUT2D eigenvalue weighted by molar-refractivity contribution is -0.121. The Morgan fingerprint density at radius 3 is 2.69 bits per heavy atom.